The summed E-state index contributed by atoms with van der Waals surface area (Å²) in [5, 5.41) is 7.50. The van der Waals surface area contributed by atoms with Crippen molar-refractivity contribution in [3.63, 3.8) is 0 Å². The second kappa shape index (κ2) is 5.00. The Labute approximate surface area is 87.5 Å². The van der Waals surface area contributed by atoms with Crippen molar-refractivity contribution in [1.82, 2.24) is 4.90 Å². The zero-order valence-corrected chi connectivity index (χ0v) is 12.1. The van der Waals surface area contributed by atoms with E-state index in [9.17, 15) is 4.79 Å². The molecule has 0 unspecified atom stereocenters. The first-order chi connectivity index (χ1) is 5.00. The Hall–Kier alpha value is 0.257. The Morgan fingerprint density at radius 2 is 1.91 bits per heavy atom. The molecule has 1 amide bonds. The summed E-state index contributed by atoms with van der Waals surface area (Å²) in [6.07, 6.45) is 0.692. The van der Waals surface area contributed by atoms with Gasteiger partial charge in [-0.1, -0.05) is 0 Å². The van der Waals surface area contributed by atoms with Gasteiger partial charge in [0.05, 0.1) is 0 Å². The Balaban J connectivity index is 4.52. The van der Waals surface area contributed by atoms with Crippen LogP contribution in [0.15, 0.2) is 0 Å². The van der Waals surface area contributed by atoms with Gasteiger partial charge in [0, 0.05) is 0 Å². The summed E-state index contributed by atoms with van der Waals surface area (Å²) in [5.41, 5.74) is 0. The van der Waals surface area contributed by atoms with Crippen molar-refractivity contribution in [3.8, 4) is 0 Å². The van der Waals surface area contributed by atoms with Crippen LogP contribution in [0, 0.1) is 5.41 Å². The van der Waals surface area contributed by atoms with Crippen LogP contribution in [0.2, 0.25) is 0 Å². The van der Waals surface area contributed by atoms with E-state index < -0.39 is 0 Å². The van der Waals surface area contributed by atoms with Crippen molar-refractivity contribution in [3.05, 3.63) is 0 Å². The standard InChI is InChI=1S/C6H8N2O.2W/c1-3-6(7)8(4-2)5-9;;/h5,7H,1-2H3;;. The number of amides is 1. The molecule has 60 valence electrons. The van der Waals surface area contributed by atoms with Gasteiger partial charge in [-0.15, -0.1) is 0 Å². The van der Waals surface area contributed by atoms with Gasteiger partial charge in [0.1, 0.15) is 0 Å². The number of carbonyl (C=O) groups is 1. The summed E-state index contributed by atoms with van der Waals surface area (Å²) in [6, 6.07) is 0. The van der Waals surface area contributed by atoms with Crippen LogP contribution in [0.3, 0.4) is 0 Å². The third-order valence-corrected chi connectivity index (χ3v) is 2.42. The predicted octanol–water partition coefficient (Wildman–Crippen LogP) is -0.142. The van der Waals surface area contributed by atoms with Crippen LogP contribution in [-0.2, 0) is 43.5 Å². The van der Waals surface area contributed by atoms with Crippen LogP contribution in [0.5, 0.6) is 0 Å². The van der Waals surface area contributed by atoms with Crippen LogP contribution in [0.25, 0.3) is 0 Å². The van der Waals surface area contributed by atoms with Crippen molar-refractivity contribution in [2.75, 3.05) is 0 Å². The predicted molar refractivity (Wildman–Crippen MR) is 37.0 cm³/mol. The average molecular weight is 492 g/mol. The van der Waals surface area contributed by atoms with Gasteiger partial charge in [0.15, 0.2) is 0 Å². The van der Waals surface area contributed by atoms with E-state index in [4.69, 9.17) is 5.41 Å². The summed E-state index contributed by atoms with van der Waals surface area (Å²) in [6.45, 7) is 3.70. The SMILES string of the molecule is C[C](=[W])C(=N)N(C=O)[C](C)=[W]. The minimum absolute atomic E-state index is 0.322. The van der Waals surface area contributed by atoms with Gasteiger partial charge in [0.25, 0.3) is 0 Å². The van der Waals surface area contributed by atoms with Crippen LogP contribution in [-0.4, -0.2) is 25.1 Å². The molecule has 0 aromatic heterocycles. The molecule has 0 aliphatic heterocycles. The molecule has 0 aliphatic rings. The average Bonchev–Trinajstić information content (AvgIpc) is 1.88. The molecule has 0 atom stereocenters. The third kappa shape index (κ3) is 3.44. The van der Waals surface area contributed by atoms with Gasteiger partial charge >= 0.3 is 87.8 Å². The van der Waals surface area contributed by atoms with Crippen LogP contribution >= 0.6 is 0 Å². The summed E-state index contributed by atoms with van der Waals surface area (Å²) in [4.78, 5) is 11.8. The maximum atomic E-state index is 10.5. The molecule has 0 saturated carbocycles. The molecule has 3 nitrogen and oxygen atoms in total. The first kappa shape index (κ1) is 11.3. The van der Waals surface area contributed by atoms with E-state index in [2.05, 4.69) is 0 Å². The van der Waals surface area contributed by atoms with Gasteiger partial charge in [-0.3, -0.25) is 0 Å². The normalized spacial score (nSPS) is 8.55. The van der Waals surface area contributed by atoms with Gasteiger partial charge in [-0.2, -0.15) is 0 Å². The summed E-state index contributed by atoms with van der Waals surface area (Å²) < 4.78 is 1.84. The molecule has 5 heteroatoms. The number of rotatable bonds is 3. The van der Waals surface area contributed by atoms with Gasteiger partial charge in [-0.05, 0) is 0 Å². The topological polar surface area (TPSA) is 44.2 Å². The Morgan fingerprint density at radius 3 is 2.00 bits per heavy atom. The molecule has 1 N–H and O–H groups in total. The number of hydrogen-bond donors (Lipinski definition) is 1. The molecule has 0 rings (SSSR count). The summed E-state index contributed by atoms with van der Waals surface area (Å²) in [5.74, 6) is 0.322. The number of nitrogens with zero attached hydrogens (tertiary/aromatic N) is 1. The fraction of sp³-hybridized carbons (Fsp3) is 0.333. The van der Waals surface area contributed by atoms with Crippen LogP contribution < -0.4 is 0 Å². The Bertz CT molecular complexity index is 225. The van der Waals surface area contributed by atoms with E-state index in [0.717, 1.165) is 7.92 Å². The molecule has 11 heavy (non-hydrogen) atoms. The molecule has 0 saturated heterocycles. The van der Waals surface area contributed by atoms with Crippen molar-refractivity contribution in [2.45, 2.75) is 13.8 Å². The molecule has 0 aromatic rings. The van der Waals surface area contributed by atoms with E-state index in [-0.39, 0.29) is 0 Å². The fourth-order valence-electron chi connectivity index (χ4n) is 0.454. The first-order valence-corrected chi connectivity index (χ1v) is 5.78. The molecular formula is C6H8N2OW2. The van der Waals surface area contributed by atoms with Gasteiger partial charge < -0.3 is 0 Å². The summed E-state index contributed by atoms with van der Waals surface area (Å²) in [7, 11) is 0. The monoisotopic (exact) mass is 492 g/mol. The molecule has 0 fully saturated rings. The van der Waals surface area contributed by atoms with Crippen molar-refractivity contribution in [1.29, 1.82) is 5.41 Å². The van der Waals surface area contributed by atoms with E-state index in [1.807, 2.05) is 13.8 Å². The maximum absolute atomic E-state index is 10.5. The van der Waals surface area contributed by atoms with Gasteiger partial charge in [0.2, 0.25) is 0 Å². The number of hydrogen-bond acceptors (Lipinski definition) is 2. The second-order valence-corrected chi connectivity index (χ2v) is 6.22. The molecule has 0 bridgehead atoms. The number of carbonyl (C=O) groups excluding carboxylic acids is 1. The second-order valence-electron chi connectivity index (χ2n) is 1.90. The van der Waals surface area contributed by atoms with Crippen LogP contribution in [0.4, 0.5) is 0 Å². The number of amidine groups is 1. The molecule has 0 aromatic carbocycles. The summed E-state index contributed by atoms with van der Waals surface area (Å²) >= 11 is 2.45. The zero-order valence-electron chi connectivity index (χ0n) is 6.25. The first-order valence-electron chi connectivity index (χ1n) is 2.85. The molecular weight excluding hydrogens is 484 g/mol. The molecule has 0 radical (unpaired) electrons. The van der Waals surface area contributed by atoms with Crippen molar-refractivity contribution < 1.29 is 43.5 Å². The van der Waals surface area contributed by atoms with E-state index in [0.29, 0.717) is 12.2 Å². The molecule has 0 heterocycles. The van der Waals surface area contributed by atoms with Crippen molar-refractivity contribution >= 4 is 20.2 Å². The van der Waals surface area contributed by atoms with Crippen LogP contribution in [0.1, 0.15) is 13.8 Å². The fourth-order valence-corrected chi connectivity index (χ4v) is 1.29. The Kier molecular flexibility index (Phi) is 5.12. The Morgan fingerprint density at radius 1 is 1.45 bits per heavy atom. The third-order valence-electron chi connectivity index (χ3n) is 1.02. The zero-order chi connectivity index (χ0) is 9.02. The van der Waals surface area contributed by atoms with Gasteiger partial charge in [-0.25, -0.2) is 0 Å². The quantitative estimate of drug-likeness (QED) is 0.333. The number of nitrogens with one attached hydrogen (secondary N) is 1. The van der Waals surface area contributed by atoms with E-state index in [1.165, 1.54) is 43.6 Å². The molecule has 0 spiro atoms. The molecule has 0 aliphatic carbocycles. The van der Waals surface area contributed by atoms with E-state index >= 15 is 0 Å². The van der Waals surface area contributed by atoms with Crippen molar-refractivity contribution in [2.24, 2.45) is 0 Å². The van der Waals surface area contributed by atoms with E-state index in [1.54, 1.807) is 0 Å². The minimum atomic E-state index is 0.322.